The molecule has 0 saturated carbocycles. The highest BCUT2D eigenvalue weighted by Gasteiger charge is 2.21. The molecule has 166 valence electrons. The lowest BCUT2D eigenvalue weighted by molar-refractivity contribution is -0.112. The van der Waals surface area contributed by atoms with Gasteiger partial charge < -0.3 is 5.32 Å². The first kappa shape index (κ1) is 24.0. The Morgan fingerprint density at radius 2 is 2.12 bits per heavy atom. The van der Waals surface area contributed by atoms with Crippen molar-refractivity contribution in [1.29, 1.82) is 0 Å². The molecule has 0 radical (unpaired) electrons. The maximum atomic E-state index is 13.2. The molecule has 0 unspecified atom stereocenters. The second-order valence-corrected chi connectivity index (χ2v) is 9.87. The molecule has 2 aromatic rings. The minimum absolute atomic E-state index is 0.195. The van der Waals surface area contributed by atoms with E-state index < -0.39 is 0 Å². The Morgan fingerprint density at radius 1 is 1.28 bits per heavy atom. The minimum Gasteiger partial charge on any atom is -0.304 e. The van der Waals surface area contributed by atoms with Crippen LogP contribution in [-0.4, -0.2) is 29.8 Å². The van der Waals surface area contributed by atoms with Gasteiger partial charge in [-0.2, -0.15) is 13.8 Å². The largest absolute Gasteiger partial charge is 0.304 e. The summed E-state index contributed by atoms with van der Waals surface area (Å²) in [4.78, 5) is 20.4. The van der Waals surface area contributed by atoms with Gasteiger partial charge in [0.1, 0.15) is 6.33 Å². The van der Waals surface area contributed by atoms with E-state index in [1.165, 1.54) is 23.7 Å². The van der Waals surface area contributed by atoms with Gasteiger partial charge in [-0.1, -0.05) is 59.5 Å². The van der Waals surface area contributed by atoms with Crippen molar-refractivity contribution in [3.8, 4) is 0 Å². The summed E-state index contributed by atoms with van der Waals surface area (Å²) in [5.74, 6) is 0.257. The van der Waals surface area contributed by atoms with E-state index in [-0.39, 0.29) is 5.91 Å². The van der Waals surface area contributed by atoms with Gasteiger partial charge in [-0.3, -0.25) is 9.89 Å². The Hall–Kier alpha value is -2.69. The van der Waals surface area contributed by atoms with Crippen LogP contribution in [0.15, 0.2) is 86.1 Å². The van der Waals surface area contributed by atoms with Crippen molar-refractivity contribution in [2.45, 2.75) is 38.8 Å². The zero-order valence-electron chi connectivity index (χ0n) is 18.1. The number of nitrogens with one attached hydrogen (secondary N) is 2. The van der Waals surface area contributed by atoms with Gasteiger partial charge in [0.25, 0.3) is 5.91 Å². The van der Waals surface area contributed by atoms with E-state index >= 15 is 0 Å². The van der Waals surface area contributed by atoms with Crippen LogP contribution >= 0.6 is 35.3 Å². The Labute approximate surface area is 200 Å². The summed E-state index contributed by atoms with van der Waals surface area (Å²) in [5, 5.41) is 10.4. The average molecular weight is 485 g/mol. The fraction of sp³-hybridized carbons (Fsp3) is 0.227. The maximum Gasteiger partial charge on any atom is 0.257 e. The maximum absolute atomic E-state index is 13.2. The number of allylic oxidation sites excluding steroid dienone is 8. The summed E-state index contributed by atoms with van der Waals surface area (Å²) in [7, 11) is 0. The predicted molar refractivity (Wildman–Crippen MR) is 134 cm³/mol. The molecule has 2 heterocycles. The average Bonchev–Trinajstić information content (AvgIpc) is 3.45. The number of aromatic nitrogens is 5. The summed E-state index contributed by atoms with van der Waals surface area (Å²) >= 11 is 4.11. The van der Waals surface area contributed by atoms with Gasteiger partial charge >= 0.3 is 0 Å². The molecule has 3 rings (SSSR count). The zero-order chi connectivity index (χ0) is 22.9. The number of hydrogen-bond acceptors (Lipinski definition) is 8. The number of rotatable bonds is 8. The standard InChI is InChI=1S/C22H24N6OS3/c1-5-16(8-6-14(2)3)30-18-11-10-17(31-22-23-13-24-27-22)9-7-15(4)20(18)21(29)26-19-12-25-32-28-19/h5-6,8,10-13H,1,7,9H2,2-4H3,(H,23,24,27)(H,26,28,29)/b16-8+,17-10+,18-11+,20-15-. The summed E-state index contributed by atoms with van der Waals surface area (Å²) in [6.07, 6.45) is 14.4. The van der Waals surface area contributed by atoms with Crippen LogP contribution in [0, 0.1) is 0 Å². The fourth-order valence-corrected chi connectivity index (χ4v) is 4.88. The number of H-pyrrole nitrogens is 1. The van der Waals surface area contributed by atoms with E-state index in [4.69, 9.17) is 0 Å². The quantitative estimate of drug-likeness (QED) is 0.441. The molecule has 1 aliphatic rings. The lowest BCUT2D eigenvalue weighted by atomic mass is 10.0. The second kappa shape index (κ2) is 11.8. The molecule has 0 aliphatic heterocycles. The van der Waals surface area contributed by atoms with Crippen molar-refractivity contribution in [3.05, 3.63) is 80.9 Å². The van der Waals surface area contributed by atoms with E-state index in [2.05, 4.69) is 35.8 Å². The number of thioether (sulfide) groups is 2. The van der Waals surface area contributed by atoms with Crippen LogP contribution in [0.2, 0.25) is 0 Å². The third kappa shape index (κ3) is 6.91. The van der Waals surface area contributed by atoms with E-state index in [0.29, 0.717) is 11.4 Å². The summed E-state index contributed by atoms with van der Waals surface area (Å²) < 4.78 is 8.07. The van der Waals surface area contributed by atoms with Gasteiger partial charge in [0.15, 0.2) is 11.0 Å². The molecule has 2 N–H and O–H groups in total. The second-order valence-electron chi connectivity index (χ2n) is 7.08. The molecule has 2 aromatic heterocycles. The molecular weight excluding hydrogens is 460 g/mol. The highest BCUT2D eigenvalue weighted by Crippen LogP contribution is 2.38. The summed E-state index contributed by atoms with van der Waals surface area (Å²) in [5.41, 5.74) is 2.83. The number of carbonyl (C=O) groups is 1. The lowest BCUT2D eigenvalue weighted by Gasteiger charge is -2.18. The smallest absolute Gasteiger partial charge is 0.257 e. The predicted octanol–water partition coefficient (Wildman–Crippen LogP) is 6.03. The van der Waals surface area contributed by atoms with Crippen molar-refractivity contribution in [2.24, 2.45) is 0 Å². The van der Waals surface area contributed by atoms with Crippen LogP contribution in [0.5, 0.6) is 0 Å². The monoisotopic (exact) mass is 484 g/mol. The van der Waals surface area contributed by atoms with E-state index in [9.17, 15) is 4.79 Å². The molecule has 10 heteroatoms. The molecule has 0 atom stereocenters. The zero-order valence-corrected chi connectivity index (χ0v) is 20.5. The molecular formula is C22H24N6OS3. The molecule has 1 aliphatic carbocycles. The van der Waals surface area contributed by atoms with Crippen LogP contribution in [0.1, 0.15) is 33.6 Å². The Kier molecular flexibility index (Phi) is 8.83. The Balaban J connectivity index is 1.97. The van der Waals surface area contributed by atoms with Crippen LogP contribution in [0.25, 0.3) is 0 Å². The third-order valence-corrected chi connectivity index (χ3v) is 6.87. The SMILES string of the molecule is C=C/C(=C\C=C(C)C)SC1=C/C=C(/Sc2ncn[nH]2)CC\C(C)=C\1C(=O)Nc1cnsn1. The molecule has 7 nitrogen and oxygen atoms in total. The van der Waals surface area contributed by atoms with E-state index in [0.717, 1.165) is 50.0 Å². The molecule has 0 bridgehead atoms. The molecule has 32 heavy (non-hydrogen) atoms. The Morgan fingerprint density at radius 3 is 2.78 bits per heavy atom. The first-order chi connectivity index (χ1) is 15.5. The first-order valence-electron chi connectivity index (χ1n) is 9.85. The lowest BCUT2D eigenvalue weighted by Crippen LogP contribution is -2.17. The number of amides is 1. The highest BCUT2D eigenvalue weighted by atomic mass is 32.2. The summed E-state index contributed by atoms with van der Waals surface area (Å²) in [6.45, 7) is 10.0. The van der Waals surface area contributed by atoms with Crippen molar-refractivity contribution >= 4 is 47.0 Å². The van der Waals surface area contributed by atoms with Crippen molar-refractivity contribution in [3.63, 3.8) is 0 Å². The van der Waals surface area contributed by atoms with Gasteiger partial charge in [-0.25, -0.2) is 4.98 Å². The van der Waals surface area contributed by atoms with Crippen LogP contribution in [0.4, 0.5) is 5.82 Å². The van der Waals surface area contributed by atoms with Gasteiger partial charge in [0.2, 0.25) is 0 Å². The summed E-state index contributed by atoms with van der Waals surface area (Å²) in [6, 6.07) is 0. The molecule has 0 spiro atoms. The minimum atomic E-state index is -0.195. The van der Waals surface area contributed by atoms with Crippen LogP contribution < -0.4 is 5.32 Å². The number of nitrogens with zero attached hydrogens (tertiary/aromatic N) is 4. The molecule has 0 saturated heterocycles. The highest BCUT2D eigenvalue weighted by molar-refractivity contribution is 8.07. The van der Waals surface area contributed by atoms with Crippen molar-refractivity contribution in [1.82, 2.24) is 23.9 Å². The van der Waals surface area contributed by atoms with Gasteiger partial charge in [-0.05, 0) is 50.7 Å². The number of aromatic amines is 1. The van der Waals surface area contributed by atoms with Gasteiger partial charge in [0, 0.05) is 9.81 Å². The third-order valence-electron chi connectivity index (χ3n) is 4.30. The molecule has 1 amide bonds. The molecule has 0 fully saturated rings. The number of hydrogen-bond donors (Lipinski definition) is 2. The number of carbonyl (C=O) groups excluding carboxylic acids is 1. The van der Waals surface area contributed by atoms with Crippen LogP contribution in [0.3, 0.4) is 0 Å². The normalized spacial score (nSPS) is 20.3. The van der Waals surface area contributed by atoms with Gasteiger partial charge in [0.05, 0.1) is 23.5 Å². The Bertz CT molecular complexity index is 1100. The first-order valence-corrected chi connectivity index (χ1v) is 12.2. The van der Waals surface area contributed by atoms with Crippen molar-refractivity contribution in [2.75, 3.05) is 5.32 Å². The van der Waals surface area contributed by atoms with E-state index in [1.54, 1.807) is 24.0 Å². The fourth-order valence-electron chi connectivity index (χ4n) is 2.74. The van der Waals surface area contributed by atoms with Gasteiger partial charge in [-0.15, -0.1) is 0 Å². The number of anilines is 1. The van der Waals surface area contributed by atoms with E-state index in [1.807, 2.05) is 45.1 Å². The topological polar surface area (TPSA) is 96.5 Å². The van der Waals surface area contributed by atoms with Crippen LogP contribution in [-0.2, 0) is 4.79 Å². The van der Waals surface area contributed by atoms with Crippen molar-refractivity contribution < 1.29 is 4.79 Å². The molecule has 0 aromatic carbocycles.